The van der Waals surface area contributed by atoms with Gasteiger partial charge in [0.05, 0.1) is 24.3 Å². The van der Waals surface area contributed by atoms with E-state index in [4.69, 9.17) is 19.7 Å². The van der Waals surface area contributed by atoms with Gasteiger partial charge in [0.1, 0.15) is 0 Å². The third-order valence-electron chi connectivity index (χ3n) is 7.15. The summed E-state index contributed by atoms with van der Waals surface area (Å²) in [5.74, 6) is -0.599. The van der Waals surface area contributed by atoms with E-state index in [2.05, 4.69) is 0 Å². The molecule has 0 amide bonds. The Bertz CT molecular complexity index is 845. The van der Waals surface area contributed by atoms with Gasteiger partial charge in [-0.1, -0.05) is 101 Å². The van der Waals surface area contributed by atoms with Crippen molar-refractivity contribution in [2.24, 2.45) is 0 Å². The van der Waals surface area contributed by atoms with E-state index in [0.29, 0.717) is 24.3 Å². The van der Waals surface area contributed by atoms with Crippen molar-refractivity contribution < 1.29 is 29.3 Å². The standard InChI is InChI=1S/C34H50O6/c35-25-13-9-5-1-3-7-11-15-27-39-33(37)31-21-17-29(18-22-31)30-19-23-32(24-20-30)34(38)40-28-16-12-8-4-2-6-10-14-26-36/h17-24,35-36H,1-16,25-28H2. The van der Waals surface area contributed by atoms with Gasteiger partial charge in [0.25, 0.3) is 0 Å². The maximum Gasteiger partial charge on any atom is 0.338 e. The van der Waals surface area contributed by atoms with Crippen LogP contribution in [-0.4, -0.2) is 48.6 Å². The van der Waals surface area contributed by atoms with Gasteiger partial charge in [-0.2, -0.15) is 0 Å². The number of ether oxygens (including phenoxy) is 2. The monoisotopic (exact) mass is 554 g/mol. The lowest BCUT2D eigenvalue weighted by molar-refractivity contribution is 0.0488. The third-order valence-corrected chi connectivity index (χ3v) is 7.15. The summed E-state index contributed by atoms with van der Waals surface area (Å²) in [4.78, 5) is 24.7. The molecule has 0 bridgehead atoms. The lowest BCUT2D eigenvalue weighted by Gasteiger charge is -2.08. The number of carbonyl (C=O) groups is 2. The van der Waals surface area contributed by atoms with Crippen molar-refractivity contribution in [2.45, 2.75) is 103 Å². The van der Waals surface area contributed by atoms with E-state index >= 15 is 0 Å². The molecule has 0 unspecified atom stereocenters. The molecule has 0 radical (unpaired) electrons. The van der Waals surface area contributed by atoms with Crippen molar-refractivity contribution in [3.8, 4) is 11.1 Å². The van der Waals surface area contributed by atoms with E-state index in [0.717, 1.165) is 75.3 Å². The number of rotatable bonds is 23. The fourth-order valence-electron chi connectivity index (χ4n) is 4.64. The van der Waals surface area contributed by atoms with Crippen LogP contribution >= 0.6 is 0 Å². The van der Waals surface area contributed by atoms with Crippen LogP contribution in [0.15, 0.2) is 48.5 Å². The highest BCUT2D eigenvalue weighted by molar-refractivity contribution is 5.91. The second kappa shape index (κ2) is 22.0. The lowest BCUT2D eigenvalue weighted by Crippen LogP contribution is -2.06. The van der Waals surface area contributed by atoms with E-state index in [1.807, 2.05) is 24.3 Å². The normalized spacial score (nSPS) is 10.9. The highest BCUT2D eigenvalue weighted by Gasteiger charge is 2.10. The summed E-state index contributed by atoms with van der Waals surface area (Å²) < 4.78 is 10.9. The quantitative estimate of drug-likeness (QED) is 0.107. The number of hydrogen-bond acceptors (Lipinski definition) is 6. The molecule has 0 heterocycles. The average Bonchev–Trinajstić information content (AvgIpc) is 2.99. The van der Waals surface area contributed by atoms with Crippen molar-refractivity contribution in [1.29, 1.82) is 0 Å². The van der Waals surface area contributed by atoms with Gasteiger partial charge in [0.15, 0.2) is 0 Å². The van der Waals surface area contributed by atoms with Crippen molar-refractivity contribution in [2.75, 3.05) is 26.4 Å². The van der Waals surface area contributed by atoms with Gasteiger partial charge >= 0.3 is 11.9 Å². The van der Waals surface area contributed by atoms with Crippen LogP contribution < -0.4 is 0 Å². The second-order valence-corrected chi connectivity index (χ2v) is 10.5. The molecule has 222 valence electrons. The Hall–Kier alpha value is -2.70. The molecule has 0 fully saturated rings. The van der Waals surface area contributed by atoms with Crippen molar-refractivity contribution in [1.82, 2.24) is 0 Å². The molecule has 6 heteroatoms. The van der Waals surface area contributed by atoms with E-state index in [1.54, 1.807) is 24.3 Å². The minimum absolute atomic E-state index is 0.287. The Kier molecular flexibility index (Phi) is 18.5. The zero-order valence-electron chi connectivity index (χ0n) is 24.3. The second-order valence-electron chi connectivity index (χ2n) is 10.5. The fourth-order valence-corrected chi connectivity index (χ4v) is 4.64. The van der Waals surface area contributed by atoms with Gasteiger partial charge in [0.2, 0.25) is 0 Å². The zero-order chi connectivity index (χ0) is 28.7. The van der Waals surface area contributed by atoms with Gasteiger partial charge in [-0.15, -0.1) is 0 Å². The van der Waals surface area contributed by atoms with Crippen molar-refractivity contribution in [3.05, 3.63) is 59.7 Å². The van der Waals surface area contributed by atoms with Crippen molar-refractivity contribution in [3.63, 3.8) is 0 Å². The first kappa shape index (κ1) is 33.5. The fraction of sp³-hybridized carbons (Fsp3) is 0.588. The molecule has 0 aliphatic carbocycles. The summed E-state index contributed by atoms with van der Waals surface area (Å²) in [6.45, 7) is 1.45. The molecule has 0 saturated heterocycles. The molecule has 2 aromatic carbocycles. The minimum atomic E-state index is -0.299. The highest BCUT2D eigenvalue weighted by Crippen LogP contribution is 2.21. The smallest absolute Gasteiger partial charge is 0.338 e. The summed E-state index contributed by atoms with van der Waals surface area (Å²) >= 11 is 0. The molecule has 0 aliphatic rings. The molecule has 0 spiro atoms. The molecule has 2 N–H and O–H groups in total. The molecular weight excluding hydrogens is 504 g/mol. The third kappa shape index (κ3) is 14.6. The van der Waals surface area contributed by atoms with Crippen LogP contribution in [-0.2, 0) is 9.47 Å². The maximum atomic E-state index is 12.4. The van der Waals surface area contributed by atoms with Crippen LogP contribution in [0.2, 0.25) is 0 Å². The average molecular weight is 555 g/mol. The minimum Gasteiger partial charge on any atom is -0.462 e. The van der Waals surface area contributed by atoms with E-state index in [9.17, 15) is 9.59 Å². The molecule has 0 aromatic heterocycles. The van der Waals surface area contributed by atoms with Crippen LogP contribution in [0.3, 0.4) is 0 Å². The van der Waals surface area contributed by atoms with Crippen LogP contribution in [0.5, 0.6) is 0 Å². The summed E-state index contributed by atoms with van der Waals surface area (Å²) in [6.07, 6.45) is 17.3. The van der Waals surface area contributed by atoms with Crippen LogP contribution in [0.25, 0.3) is 11.1 Å². The molecule has 0 atom stereocenters. The first-order valence-electron chi connectivity index (χ1n) is 15.4. The SMILES string of the molecule is O=C(OCCCCCCCCCCO)c1ccc(-c2ccc(C(=O)OCCCCCCCCCCO)cc2)cc1. The predicted molar refractivity (Wildman–Crippen MR) is 160 cm³/mol. The Morgan fingerprint density at radius 1 is 0.425 bits per heavy atom. The number of unbranched alkanes of at least 4 members (excludes halogenated alkanes) is 14. The summed E-state index contributed by atoms with van der Waals surface area (Å²) in [5.41, 5.74) is 3.00. The van der Waals surface area contributed by atoms with Gasteiger partial charge in [-0.3, -0.25) is 0 Å². The molecule has 2 aromatic rings. The molecule has 6 nitrogen and oxygen atoms in total. The Balaban J connectivity index is 1.61. The molecule has 2 rings (SSSR count). The van der Waals surface area contributed by atoms with Crippen molar-refractivity contribution >= 4 is 11.9 Å². The number of esters is 2. The number of aliphatic hydroxyl groups is 2. The Labute approximate surface area is 241 Å². The largest absolute Gasteiger partial charge is 0.462 e. The number of aliphatic hydroxyl groups excluding tert-OH is 2. The van der Waals surface area contributed by atoms with Crippen LogP contribution in [0.4, 0.5) is 0 Å². The topological polar surface area (TPSA) is 93.1 Å². The summed E-state index contributed by atoms with van der Waals surface area (Å²) in [7, 11) is 0. The van der Waals surface area contributed by atoms with E-state index in [1.165, 1.54) is 38.5 Å². The Morgan fingerprint density at radius 2 is 0.700 bits per heavy atom. The number of carbonyl (C=O) groups excluding carboxylic acids is 2. The van der Waals surface area contributed by atoms with E-state index < -0.39 is 0 Å². The molecule has 0 saturated carbocycles. The van der Waals surface area contributed by atoms with Gasteiger partial charge in [0, 0.05) is 13.2 Å². The van der Waals surface area contributed by atoms with Crippen LogP contribution in [0, 0.1) is 0 Å². The van der Waals surface area contributed by atoms with E-state index in [-0.39, 0.29) is 25.2 Å². The number of benzene rings is 2. The molecule has 0 aliphatic heterocycles. The summed E-state index contributed by atoms with van der Waals surface area (Å²) in [5, 5.41) is 17.6. The maximum absolute atomic E-state index is 12.4. The highest BCUT2D eigenvalue weighted by atomic mass is 16.5. The van der Waals surface area contributed by atoms with Gasteiger partial charge in [-0.25, -0.2) is 9.59 Å². The van der Waals surface area contributed by atoms with Gasteiger partial charge in [-0.05, 0) is 61.1 Å². The first-order chi connectivity index (χ1) is 19.7. The number of hydrogen-bond donors (Lipinski definition) is 2. The zero-order valence-corrected chi connectivity index (χ0v) is 24.3. The summed E-state index contributed by atoms with van der Waals surface area (Å²) in [6, 6.07) is 14.7. The first-order valence-corrected chi connectivity index (χ1v) is 15.4. The predicted octanol–water partition coefficient (Wildman–Crippen LogP) is 7.89. The molecular formula is C34H50O6. The Morgan fingerprint density at radius 3 is 1.00 bits per heavy atom. The lowest BCUT2D eigenvalue weighted by atomic mass is 10.0. The molecule has 40 heavy (non-hydrogen) atoms. The van der Waals surface area contributed by atoms with Crippen LogP contribution in [0.1, 0.15) is 123 Å². The van der Waals surface area contributed by atoms with Gasteiger partial charge < -0.3 is 19.7 Å².